The van der Waals surface area contributed by atoms with E-state index in [4.69, 9.17) is 0 Å². The Morgan fingerprint density at radius 3 is 2.97 bits per heavy atom. The summed E-state index contributed by atoms with van der Waals surface area (Å²) in [5.74, 6) is -0.466. The molecular weight excluding hydrogens is 394 g/mol. The van der Waals surface area contributed by atoms with Gasteiger partial charge in [-0.1, -0.05) is 0 Å². The first kappa shape index (κ1) is 18.7. The summed E-state index contributed by atoms with van der Waals surface area (Å²) in [5, 5.41) is 7.15. The van der Waals surface area contributed by atoms with Gasteiger partial charge in [-0.05, 0) is 25.5 Å². The Morgan fingerprint density at radius 1 is 1.30 bits per heavy atom. The van der Waals surface area contributed by atoms with Crippen molar-refractivity contribution < 1.29 is 13.6 Å². The van der Waals surface area contributed by atoms with Gasteiger partial charge in [0.25, 0.3) is 11.5 Å². The number of hydrogen-bond donors (Lipinski definition) is 1. The minimum Gasteiger partial charge on any atom is -0.352 e. The van der Waals surface area contributed by atoms with Crippen molar-refractivity contribution in [3.63, 3.8) is 0 Å². The van der Waals surface area contributed by atoms with Crippen molar-refractivity contribution in [1.29, 1.82) is 0 Å². The van der Waals surface area contributed by atoms with Crippen LogP contribution in [-0.2, 0) is 6.54 Å². The van der Waals surface area contributed by atoms with Crippen LogP contribution in [0.3, 0.4) is 0 Å². The standard InChI is InChI=1S/C20H20F2N6O2/c1-11-17-18-24-16(3-6-28(18)25-11)27-10-13(22)8-15(27)14-7-12(21)9-26(20(14)30)5-2-4-23-19(17)29/h3,6-7,9,13,15H,2,4-5,8,10H2,1H3,(H,23,29)/t13-,15-/m1/s1. The number of carbonyl (C=O) groups is 1. The topological polar surface area (TPSA) is 84.5 Å². The zero-order valence-electron chi connectivity index (χ0n) is 16.3. The monoisotopic (exact) mass is 414 g/mol. The molecule has 3 aromatic rings. The Labute approximate surface area is 170 Å². The molecule has 2 aliphatic heterocycles. The molecule has 2 aliphatic rings. The van der Waals surface area contributed by atoms with E-state index in [1.807, 2.05) is 0 Å². The van der Waals surface area contributed by atoms with Crippen LogP contribution in [0.1, 0.15) is 40.5 Å². The van der Waals surface area contributed by atoms with E-state index >= 15 is 0 Å². The number of hydrogen-bond acceptors (Lipinski definition) is 5. The number of anilines is 1. The number of rotatable bonds is 0. The summed E-state index contributed by atoms with van der Waals surface area (Å²) in [4.78, 5) is 32.0. The molecule has 5 heterocycles. The molecule has 1 saturated heterocycles. The van der Waals surface area contributed by atoms with Gasteiger partial charge in [-0.3, -0.25) is 9.59 Å². The summed E-state index contributed by atoms with van der Waals surface area (Å²) in [5.41, 5.74) is 1.11. The van der Waals surface area contributed by atoms with Gasteiger partial charge in [-0.25, -0.2) is 18.3 Å². The molecule has 0 saturated carbocycles. The van der Waals surface area contributed by atoms with Crippen LogP contribution in [0, 0.1) is 12.7 Å². The Hall–Kier alpha value is -3.30. The molecule has 1 amide bonds. The first-order chi connectivity index (χ1) is 14.4. The quantitative estimate of drug-likeness (QED) is 0.606. The normalized spacial score (nSPS) is 21.6. The van der Waals surface area contributed by atoms with Crippen LogP contribution in [0.4, 0.5) is 14.6 Å². The molecule has 0 aliphatic carbocycles. The lowest BCUT2D eigenvalue weighted by Crippen LogP contribution is -2.33. The molecule has 0 radical (unpaired) electrons. The SMILES string of the molecule is Cc1nn2ccc3nc2c1C(=O)NCCCn1cc(F)cc(c1=O)[C@H]1C[C@@H](F)CN31. The van der Waals surface area contributed by atoms with Gasteiger partial charge in [0.05, 0.1) is 18.3 Å². The van der Waals surface area contributed by atoms with Crippen molar-refractivity contribution in [2.75, 3.05) is 18.0 Å². The third-order valence-electron chi connectivity index (χ3n) is 5.72. The molecule has 4 bridgehead atoms. The average Bonchev–Trinajstić information content (AvgIpc) is 3.25. The van der Waals surface area contributed by atoms with E-state index in [1.54, 1.807) is 24.1 Å². The molecule has 0 spiro atoms. The summed E-state index contributed by atoms with van der Waals surface area (Å²) in [6.45, 7) is 2.30. The lowest BCUT2D eigenvalue weighted by atomic mass is 10.1. The van der Waals surface area contributed by atoms with Crippen molar-refractivity contribution in [1.82, 2.24) is 24.5 Å². The molecule has 0 unspecified atom stereocenters. The van der Waals surface area contributed by atoms with Crippen LogP contribution in [0.25, 0.3) is 5.65 Å². The van der Waals surface area contributed by atoms with Crippen molar-refractivity contribution in [3.8, 4) is 0 Å². The predicted molar refractivity (Wildman–Crippen MR) is 105 cm³/mol. The van der Waals surface area contributed by atoms with Gasteiger partial charge in [0, 0.05) is 37.5 Å². The average molecular weight is 414 g/mol. The number of nitrogens with zero attached hydrogens (tertiary/aromatic N) is 5. The van der Waals surface area contributed by atoms with Crippen LogP contribution >= 0.6 is 0 Å². The lowest BCUT2D eigenvalue weighted by molar-refractivity contribution is 0.0953. The fraction of sp³-hybridized carbons (Fsp3) is 0.400. The zero-order chi connectivity index (χ0) is 21.0. The molecule has 2 atom stereocenters. The van der Waals surface area contributed by atoms with E-state index < -0.39 is 18.0 Å². The second kappa shape index (κ2) is 6.89. The minimum atomic E-state index is -1.19. The molecule has 8 nitrogen and oxygen atoms in total. The van der Waals surface area contributed by atoms with E-state index in [-0.39, 0.29) is 36.5 Å². The Morgan fingerprint density at radius 2 is 2.13 bits per heavy atom. The molecular formula is C20H20F2N6O2. The van der Waals surface area contributed by atoms with Gasteiger partial charge in [0.1, 0.15) is 23.4 Å². The van der Waals surface area contributed by atoms with E-state index in [9.17, 15) is 18.4 Å². The van der Waals surface area contributed by atoms with Crippen molar-refractivity contribution in [2.24, 2.45) is 0 Å². The largest absolute Gasteiger partial charge is 0.352 e. The lowest BCUT2D eigenvalue weighted by Gasteiger charge is -2.26. The molecule has 5 rings (SSSR count). The van der Waals surface area contributed by atoms with E-state index in [0.29, 0.717) is 35.7 Å². The summed E-state index contributed by atoms with van der Waals surface area (Å²) in [6.07, 6.45) is 2.12. The highest BCUT2D eigenvalue weighted by molar-refractivity contribution is 6.01. The van der Waals surface area contributed by atoms with Gasteiger partial charge in [-0.15, -0.1) is 0 Å². The number of nitrogens with one attached hydrogen (secondary N) is 1. The molecule has 0 aromatic carbocycles. The number of fused-ring (bicyclic) bond motifs is 6. The third-order valence-corrected chi connectivity index (χ3v) is 5.72. The van der Waals surface area contributed by atoms with Crippen LogP contribution in [0.5, 0.6) is 0 Å². The second-order valence-corrected chi connectivity index (χ2v) is 7.74. The van der Waals surface area contributed by atoms with Crippen molar-refractivity contribution in [3.05, 3.63) is 57.5 Å². The molecule has 156 valence electrons. The maximum absolute atomic E-state index is 14.5. The Kier molecular flexibility index (Phi) is 4.30. The van der Waals surface area contributed by atoms with Gasteiger partial charge in [0.2, 0.25) is 0 Å². The number of amides is 1. The third kappa shape index (κ3) is 2.94. The van der Waals surface area contributed by atoms with Gasteiger partial charge in [0.15, 0.2) is 5.65 Å². The summed E-state index contributed by atoms with van der Waals surface area (Å²) in [7, 11) is 0. The van der Waals surface area contributed by atoms with Gasteiger partial charge in [-0.2, -0.15) is 5.10 Å². The number of carbonyl (C=O) groups excluding carboxylic acids is 1. The highest BCUT2D eigenvalue weighted by Crippen LogP contribution is 2.36. The number of pyridine rings is 1. The van der Waals surface area contributed by atoms with Crippen molar-refractivity contribution >= 4 is 17.4 Å². The molecule has 1 fully saturated rings. The number of halogens is 2. The predicted octanol–water partition coefficient (Wildman–Crippen LogP) is 1.76. The number of alkyl halides is 1. The number of aryl methyl sites for hydroxylation is 2. The van der Waals surface area contributed by atoms with Gasteiger partial charge >= 0.3 is 0 Å². The minimum absolute atomic E-state index is 0.0262. The second-order valence-electron chi connectivity index (χ2n) is 7.74. The van der Waals surface area contributed by atoms with Crippen LogP contribution in [-0.4, -0.2) is 44.3 Å². The zero-order valence-corrected chi connectivity index (χ0v) is 16.3. The molecule has 3 aromatic heterocycles. The molecule has 1 N–H and O–H groups in total. The van der Waals surface area contributed by atoms with Crippen LogP contribution < -0.4 is 15.8 Å². The molecule has 10 heteroatoms. The maximum Gasteiger partial charge on any atom is 0.257 e. The molecule has 30 heavy (non-hydrogen) atoms. The summed E-state index contributed by atoms with van der Waals surface area (Å²) in [6, 6.07) is 2.21. The van der Waals surface area contributed by atoms with E-state index in [0.717, 1.165) is 6.20 Å². The summed E-state index contributed by atoms with van der Waals surface area (Å²) >= 11 is 0. The smallest absolute Gasteiger partial charge is 0.257 e. The van der Waals surface area contributed by atoms with E-state index in [2.05, 4.69) is 15.4 Å². The highest BCUT2D eigenvalue weighted by Gasteiger charge is 2.36. The van der Waals surface area contributed by atoms with Gasteiger partial charge < -0.3 is 14.8 Å². The fourth-order valence-electron chi connectivity index (χ4n) is 4.35. The Balaban J connectivity index is 1.73. The Bertz CT molecular complexity index is 1220. The van der Waals surface area contributed by atoms with E-state index in [1.165, 1.54) is 15.1 Å². The summed E-state index contributed by atoms with van der Waals surface area (Å²) < 4.78 is 31.6. The van der Waals surface area contributed by atoms with Crippen LogP contribution in [0.2, 0.25) is 0 Å². The highest BCUT2D eigenvalue weighted by atomic mass is 19.1. The van der Waals surface area contributed by atoms with Crippen LogP contribution in [0.15, 0.2) is 29.3 Å². The number of aromatic nitrogens is 4. The first-order valence-corrected chi connectivity index (χ1v) is 9.87. The first-order valence-electron chi connectivity index (χ1n) is 9.87. The fourth-order valence-corrected chi connectivity index (χ4v) is 4.35. The van der Waals surface area contributed by atoms with Crippen molar-refractivity contribution in [2.45, 2.75) is 38.5 Å². The maximum atomic E-state index is 14.5.